The van der Waals surface area contributed by atoms with E-state index in [2.05, 4.69) is 0 Å². The molecular weight excluding hydrogens is 380 g/mol. The van der Waals surface area contributed by atoms with Gasteiger partial charge in [-0.2, -0.15) is 0 Å². The molecule has 5 heteroatoms. The minimum atomic E-state index is -0.690. The number of carbonyl (C=O) groups is 1. The second-order valence-electron chi connectivity index (χ2n) is 8.22. The molecular formula is C25H28O5. The van der Waals surface area contributed by atoms with Crippen molar-refractivity contribution in [1.82, 2.24) is 0 Å². The Morgan fingerprint density at radius 1 is 0.900 bits per heavy atom. The fourth-order valence-corrected chi connectivity index (χ4v) is 3.47. The van der Waals surface area contributed by atoms with Crippen LogP contribution in [0.15, 0.2) is 47.6 Å². The van der Waals surface area contributed by atoms with Crippen molar-refractivity contribution >= 4 is 5.78 Å². The number of Topliss-reactive ketones (excluding diaryl/α,β-unsaturated/α-hetero) is 1. The zero-order chi connectivity index (χ0) is 22.0. The Morgan fingerprint density at radius 3 is 2.07 bits per heavy atom. The summed E-state index contributed by atoms with van der Waals surface area (Å²) in [5.74, 6) is -0.574. The first-order valence-corrected chi connectivity index (χ1v) is 10.0. The molecule has 5 nitrogen and oxygen atoms in total. The van der Waals surface area contributed by atoms with Crippen LogP contribution in [0, 0.1) is 0 Å². The number of allylic oxidation sites excluding steroid dienone is 4. The summed E-state index contributed by atoms with van der Waals surface area (Å²) in [6.45, 7) is 7.94. The number of fused-ring (bicyclic) bond motifs is 1. The maximum atomic E-state index is 13.3. The van der Waals surface area contributed by atoms with Gasteiger partial charge in [-0.25, -0.2) is 0 Å². The van der Waals surface area contributed by atoms with Crippen LogP contribution in [0.1, 0.15) is 60.7 Å². The van der Waals surface area contributed by atoms with E-state index in [1.807, 2.05) is 39.8 Å². The van der Waals surface area contributed by atoms with Gasteiger partial charge < -0.3 is 20.1 Å². The number of carbonyl (C=O) groups excluding carboxylic acids is 1. The van der Waals surface area contributed by atoms with E-state index in [0.29, 0.717) is 40.8 Å². The molecule has 3 rings (SSSR count). The van der Waals surface area contributed by atoms with E-state index in [0.717, 1.165) is 11.1 Å². The number of phenolic OH excluding ortho intramolecular Hbond substituents is 3. The van der Waals surface area contributed by atoms with Crippen molar-refractivity contribution in [3.63, 3.8) is 0 Å². The average molecular weight is 408 g/mol. The van der Waals surface area contributed by atoms with Gasteiger partial charge in [0.15, 0.2) is 5.78 Å². The van der Waals surface area contributed by atoms with Crippen LogP contribution in [0.4, 0.5) is 0 Å². The smallest absolute Gasteiger partial charge is 0.177 e. The van der Waals surface area contributed by atoms with Crippen LogP contribution in [0.25, 0.3) is 0 Å². The summed E-state index contributed by atoms with van der Waals surface area (Å²) in [6, 6.07) is 6.10. The van der Waals surface area contributed by atoms with E-state index in [4.69, 9.17) is 4.74 Å². The fourth-order valence-electron chi connectivity index (χ4n) is 3.47. The van der Waals surface area contributed by atoms with Crippen LogP contribution >= 0.6 is 0 Å². The van der Waals surface area contributed by atoms with Gasteiger partial charge in [-0.1, -0.05) is 23.3 Å². The third kappa shape index (κ3) is 4.51. The van der Waals surface area contributed by atoms with E-state index in [1.165, 1.54) is 12.1 Å². The van der Waals surface area contributed by atoms with E-state index in [1.54, 1.807) is 12.1 Å². The van der Waals surface area contributed by atoms with E-state index in [-0.39, 0.29) is 29.6 Å². The molecule has 0 saturated heterocycles. The molecule has 0 saturated carbocycles. The van der Waals surface area contributed by atoms with Crippen molar-refractivity contribution < 1.29 is 24.9 Å². The first-order chi connectivity index (χ1) is 14.2. The van der Waals surface area contributed by atoms with Crippen molar-refractivity contribution in [2.75, 3.05) is 6.61 Å². The lowest BCUT2D eigenvalue weighted by Crippen LogP contribution is -2.26. The number of ether oxygens (including phenoxy) is 1. The van der Waals surface area contributed by atoms with Crippen LogP contribution in [0.2, 0.25) is 0 Å². The SMILES string of the molecule is CC(C)=CCc1cc2c(cc1O)OCC(c1cc(CC=C(C)C)c(O)cc1O)C2=O. The summed E-state index contributed by atoms with van der Waals surface area (Å²) in [5.41, 5.74) is 4.33. The zero-order valence-corrected chi connectivity index (χ0v) is 17.8. The van der Waals surface area contributed by atoms with E-state index >= 15 is 0 Å². The lowest BCUT2D eigenvalue weighted by atomic mass is 9.86. The van der Waals surface area contributed by atoms with Crippen molar-refractivity contribution in [3.05, 3.63) is 69.8 Å². The van der Waals surface area contributed by atoms with Crippen LogP contribution in [-0.2, 0) is 12.8 Å². The molecule has 30 heavy (non-hydrogen) atoms. The fraction of sp³-hybridized carbons (Fsp3) is 0.320. The topological polar surface area (TPSA) is 87.0 Å². The Labute approximate surface area is 177 Å². The molecule has 1 atom stereocenters. The molecule has 0 aromatic heterocycles. The number of hydrogen-bond donors (Lipinski definition) is 3. The number of hydrogen-bond acceptors (Lipinski definition) is 5. The lowest BCUT2D eigenvalue weighted by Gasteiger charge is -2.26. The Bertz CT molecular complexity index is 1040. The molecule has 0 radical (unpaired) electrons. The van der Waals surface area contributed by atoms with Crippen LogP contribution in [0.5, 0.6) is 23.0 Å². The highest BCUT2D eigenvalue weighted by Crippen LogP contribution is 2.40. The Hall–Kier alpha value is -3.21. The summed E-state index contributed by atoms with van der Waals surface area (Å²) in [5, 5.41) is 30.9. The predicted molar refractivity (Wildman–Crippen MR) is 117 cm³/mol. The van der Waals surface area contributed by atoms with Crippen molar-refractivity contribution in [1.29, 1.82) is 0 Å². The third-order valence-corrected chi connectivity index (χ3v) is 5.23. The Balaban J connectivity index is 1.98. The largest absolute Gasteiger partial charge is 0.508 e. The van der Waals surface area contributed by atoms with Crippen LogP contribution in [0.3, 0.4) is 0 Å². The second kappa shape index (κ2) is 8.66. The molecule has 1 unspecified atom stereocenters. The Morgan fingerprint density at radius 2 is 1.47 bits per heavy atom. The summed E-state index contributed by atoms with van der Waals surface area (Å²) < 4.78 is 5.76. The van der Waals surface area contributed by atoms with Crippen LogP contribution < -0.4 is 4.74 Å². The summed E-state index contributed by atoms with van der Waals surface area (Å²) in [7, 11) is 0. The second-order valence-corrected chi connectivity index (χ2v) is 8.22. The number of phenols is 3. The molecule has 0 aliphatic carbocycles. The number of rotatable bonds is 5. The molecule has 3 N–H and O–H groups in total. The van der Waals surface area contributed by atoms with Crippen molar-refractivity contribution in [2.45, 2.75) is 46.5 Å². The van der Waals surface area contributed by atoms with Gasteiger partial charge in [0.05, 0.1) is 11.5 Å². The number of ketones is 1. The van der Waals surface area contributed by atoms with Gasteiger partial charge in [0, 0.05) is 17.7 Å². The maximum absolute atomic E-state index is 13.3. The Kier molecular flexibility index (Phi) is 6.20. The highest BCUT2D eigenvalue weighted by molar-refractivity contribution is 6.05. The van der Waals surface area contributed by atoms with Crippen LogP contribution in [-0.4, -0.2) is 27.7 Å². The normalized spacial score (nSPS) is 15.2. The highest BCUT2D eigenvalue weighted by Gasteiger charge is 2.33. The molecule has 1 aliphatic rings. The van der Waals surface area contributed by atoms with Crippen molar-refractivity contribution in [3.8, 4) is 23.0 Å². The minimum absolute atomic E-state index is 0.00717. The molecule has 2 aromatic carbocycles. The van der Waals surface area contributed by atoms with Gasteiger partial charge in [0.2, 0.25) is 0 Å². The molecule has 0 amide bonds. The molecule has 0 bridgehead atoms. The standard InChI is InChI=1S/C25H28O5/c1-14(2)5-7-16-9-18(23(28)11-21(16)26)20-13-30-24-12-22(27)17(8-6-15(3)4)10-19(24)25(20)29/h5-6,9-12,20,26-28H,7-8,13H2,1-4H3. The lowest BCUT2D eigenvalue weighted by molar-refractivity contribution is 0.0893. The highest BCUT2D eigenvalue weighted by atomic mass is 16.5. The van der Waals surface area contributed by atoms with Gasteiger partial charge in [0.25, 0.3) is 0 Å². The van der Waals surface area contributed by atoms with Gasteiger partial charge in [-0.05, 0) is 63.8 Å². The van der Waals surface area contributed by atoms with Gasteiger partial charge in [-0.3, -0.25) is 4.79 Å². The molecule has 2 aromatic rings. The molecule has 1 heterocycles. The first-order valence-electron chi connectivity index (χ1n) is 10.0. The summed E-state index contributed by atoms with van der Waals surface area (Å²) in [6.07, 6.45) is 4.97. The molecule has 0 spiro atoms. The van der Waals surface area contributed by atoms with E-state index < -0.39 is 5.92 Å². The summed E-state index contributed by atoms with van der Waals surface area (Å²) >= 11 is 0. The molecule has 1 aliphatic heterocycles. The predicted octanol–water partition coefficient (Wildman–Crippen LogP) is 5.18. The number of aromatic hydroxyl groups is 3. The first kappa shape index (κ1) is 21.5. The summed E-state index contributed by atoms with van der Waals surface area (Å²) in [4.78, 5) is 13.3. The number of benzene rings is 2. The van der Waals surface area contributed by atoms with Crippen molar-refractivity contribution in [2.24, 2.45) is 0 Å². The minimum Gasteiger partial charge on any atom is -0.508 e. The molecule has 0 fully saturated rings. The third-order valence-electron chi connectivity index (χ3n) is 5.23. The zero-order valence-electron chi connectivity index (χ0n) is 17.8. The quantitative estimate of drug-likeness (QED) is 0.594. The van der Waals surface area contributed by atoms with Gasteiger partial charge in [-0.15, -0.1) is 0 Å². The monoisotopic (exact) mass is 408 g/mol. The average Bonchev–Trinajstić information content (AvgIpc) is 2.66. The molecule has 158 valence electrons. The maximum Gasteiger partial charge on any atom is 0.177 e. The van der Waals surface area contributed by atoms with E-state index in [9.17, 15) is 20.1 Å². The van der Waals surface area contributed by atoms with Gasteiger partial charge in [0.1, 0.15) is 29.6 Å². The van der Waals surface area contributed by atoms with Gasteiger partial charge >= 0.3 is 0 Å².